The first kappa shape index (κ1) is 14.2. The van der Waals surface area contributed by atoms with Gasteiger partial charge >= 0.3 is 11.9 Å². The smallest absolute Gasteiger partial charge is 0.356 e. The van der Waals surface area contributed by atoms with Crippen LogP contribution in [0, 0.1) is 0 Å². The van der Waals surface area contributed by atoms with Gasteiger partial charge in [-0.1, -0.05) is 0 Å². The number of aliphatic carboxylic acids is 1. The van der Waals surface area contributed by atoms with E-state index in [4.69, 9.17) is 15.3 Å². The maximum atomic E-state index is 10.2. The number of hydrogen-bond donors (Lipinski definition) is 4. The molecule has 0 heterocycles. The van der Waals surface area contributed by atoms with Crippen LogP contribution in [0.2, 0.25) is 0 Å². The molecule has 0 bridgehead atoms. The van der Waals surface area contributed by atoms with Crippen molar-refractivity contribution >= 4 is 11.9 Å². The molecule has 0 amide bonds. The van der Waals surface area contributed by atoms with Gasteiger partial charge < -0.3 is 20.2 Å². The van der Waals surface area contributed by atoms with E-state index in [2.05, 4.69) is 10.7 Å². The van der Waals surface area contributed by atoms with Crippen LogP contribution in [-0.2, 0) is 40.6 Å². The number of aliphatic hydroxyl groups excluding tert-OH is 2. The van der Waals surface area contributed by atoms with E-state index in [0.29, 0.717) is 0 Å². The van der Waals surface area contributed by atoms with Gasteiger partial charge in [0.15, 0.2) is 12.2 Å². The summed E-state index contributed by atoms with van der Waals surface area (Å²) in [5.74, 6) is 1.16. The summed E-state index contributed by atoms with van der Waals surface area (Å²) >= 11 is 0. The molecule has 0 aromatic carbocycles. The molecule has 2 atom stereocenters. The quantitative estimate of drug-likeness (QED) is 0.401. The van der Waals surface area contributed by atoms with Crippen molar-refractivity contribution in [1.82, 2.24) is 0 Å². The maximum Gasteiger partial charge on any atom is 0.356 e. The van der Waals surface area contributed by atoms with Gasteiger partial charge in [-0.2, -0.15) is 5.90 Å². The van der Waals surface area contributed by atoms with Gasteiger partial charge in [0, 0.05) is 26.2 Å². The summed E-state index contributed by atoms with van der Waals surface area (Å²) in [6.07, 6.45) is -4.37. The van der Waals surface area contributed by atoms with Crippen LogP contribution in [0.15, 0.2) is 0 Å². The van der Waals surface area contributed by atoms with E-state index in [-0.39, 0.29) is 26.2 Å². The number of carboxylic acids is 1. The molecule has 0 aliphatic carbocycles. The van der Waals surface area contributed by atoms with Gasteiger partial charge in [-0.15, -0.1) is 0 Å². The molecular formula is C4H7NO6Zr. The van der Waals surface area contributed by atoms with Crippen LogP contribution in [0.3, 0.4) is 0 Å². The molecule has 8 heteroatoms. The molecule has 7 nitrogen and oxygen atoms in total. The molecular weight excluding hydrogens is 249 g/mol. The van der Waals surface area contributed by atoms with Crippen molar-refractivity contribution < 1.29 is 55.9 Å². The third kappa shape index (κ3) is 3.91. The molecule has 0 saturated heterocycles. The van der Waals surface area contributed by atoms with Gasteiger partial charge in [-0.05, 0) is 0 Å². The Morgan fingerprint density at radius 2 is 1.67 bits per heavy atom. The fraction of sp³-hybridized carbons (Fsp3) is 0.500. The molecule has 0 aliphatic rings. The monoisotopic (exact) mass is 255 g/mol. The Balaban J connectivity index is 0. The molecule has 5 N–H and O–H groups in total. The number of nitrogens with two attached hydrogens (primary N) is 1. The Morgan fingerprint density at radius 3 is 1.92 bits per heavy atom. The van der Waals surface area contributed by atoms with E-state index in [1.165, 1.54) is 0 Å². The molecule has 0 saturated carbocycles. The zero-order valence-electron chi connectivity index (χ0n) is 5.80. The Morgan fingerprint density at radius 1 is 1.25 bits per heavy atom. The van der Waals surface area contributed by atoms with Crippen molar-refractivity contribution in [3.8, 4) is 0 Å². The molecule has 0 aromatic rings. The fourth-order valence-electron chi connectivity index (χ4n) is 0.334. The second-order valence-corrected chi connectivity index (χ2v) is 1.66. The Bertz CT molecular complexity index is 173. The van der Waals surface area contributed by atoms with Gasteiger partial charge in [0.05, 0.1) is 0 Å². The molecule has 0 fully saturated rings. The molecule has 2 unspecified atom stereocenters. The second kappa shape index (κ2) is 6.24. The van der Waals surface area contributed by atoms with E-state index in [0.717, 1.165) is 0 Å². The normalized spacial score (nSPS) is 13.9. The second-order valence-electron chi connectivity index (χ2n) is 1.66. The van der Waals surface area contributed by atoms with Crippen LogP contribution in [-0.4, -0.2) is 39.5 Å². The first-order valence-corrected chi connectivity index (χ1v) is 2.50. The number of hydrogen-bond acceptors (Lipinski definition) is 6. The van der Waals surface area contributed by atoms with Crippen LogP contribution in [0.5, 0.6) is 0 Å². The Kier molecular flexibility index (Phi) is 7.41. The van der Waals surface area contributed by atoms with Crippen LogP contribution in [0.4, 0.5) is 0 Å². The number of carboxylic acid groups (broad SMARTS) is 1. The first-order chi connectivity index (χ1) is 5.00. The molecule has 0 aromatic heterocycles. The molecule has 0 spiro atoms. The van der Waals surface area contributed by atoms with Gasteiger partial charge in [0.1, 0.15) is 0 Å². The standard InChI is InChI=1S/C4H7NO6.Zr/c5-11-4(10)2(7)1(6)3(8)9;/h1-2,6-7H,5H2,(H,8,9);. The predicted octanol–water partition coefficient (Wildman–Crippen LogP) is -2.79. The summed E-state index contributed by atoms with van der Waals surface area (Å²) in [5.41, 5.74) is 0. The third-order valence-electron chi connectivity index (χ3n) is 0.910. The average Bonchev–Trinajstić information content (AvgIpc) is 2.00. The minimum absolute atomic E-state index is 0. The minimum atomic E-state index is -2.22. The van der Waals surface area contributed by atoms with Gasteiger partial charge in [0.25, 0.3) is 0 Å². The largest absolute Gasteiger partial charge is 0.479 e. The summed E-state index contributed by atoms with van der Waals surface area (Å²) in [6.45, 7) is 0. The maximum absolute atomic E-state index is 10.2. The van der Waals surface area contributed by atoms with Gasteiger partial charge in [-0.25, -0.2) is 9.59 Å². The van der Waals surface area contributed by atoms with Gasteiger partial charge in [-0.3, -0.25) is 0 Å². The zero-order chi connectivity index (χ0) is 9.02. The summed E-state index contributed by atoms with van der Waals surface area (Å²) in [5, 5.41) is 25.1. The third-order valence-corrected chi connectivity index (χ3v) is 0.910. The Hall–Kier alpha value is -0.297. The van der Waals surface area contributed by atoms with Crippen molar-refractivity contribution in [1.29, 1.82) is 0 Å². The summed E-state index contributed by atoms with van der Waals surface area (Å²) in [6, 6.07) is 0. The van der Waals surface area contributed by atoms with E-state index in [9.17, 15) is 9.59 Å². The van der Waals surface area contributed by atoms with Crippen LogP contribution < -0.4 is 5.90 Å². The van der Waals surface area contributed by atoms with Crippen molar-refractivity contribution in [3.05, 3.63) is 0 Å². The van der Waals surface area contributed by atoms with E-state index < -0.39 is 24.1 Å². The van der Waals surface area contributed by atoms with Crippen LogP contribution >= 0.6 is 0 Å². The van der Waals surface area contributed by atoms with Crippen molar-refractivity contribution in [3.63, 3.8) is 0 Å². The molecule has 12 heavy (non-hydrogen) atoms. The summed E-state index contributed by atoms with van der Waals surface area (Å²) in [4.78, 5) is 23.6. The number of carbonyl (C=O) groups is 2. The first-order valence-electron chi connectivity index (χ1n) is 2.50. The minimum Gasteiger partial charge on any atom is -0.479 e. The summed E-state index contributed by atoms with van der Waals surface area (Å²) < 4.78 is 0. The van der Waals surface area contributed by atoms with Crippen molar-refractivity contribution in [2.24, 2.45) is 5.90 Å². The number of rotatable bonds is 3. The molecule has 68 valence electrons. The average molecular weight is 256 g/mol. The molecule has 0 radical (unpaired) electrons. The van der Waals surface area contributed by atoms with Crippen LogP contribution in [0.25, 0.3) is 0 Å². The van der Waals surface area contributed by atoms with Crippen molar-refractivity contribution in [2.75, 3.05) is 0 Å². The number of aliphatic hydroxyl groups is 2. The van der Waals surface area contributed by atoms with Crippen molar-refractivity contribution in [2.45, 2.75) is 12.2 Å². The van der Waals surface area contributed by atoms with E-state index in [1.807, 2.05) is 0 Å². The predicted molar refractivity (Wildman–Crippen MR) is 29.9 cm³/mol. The molecule has 0 rings (SSSR count). The van der Waals surface area contributed by atoms with Gasteiger partial charge in [0.2, 0.25) is 0 Å². The Labute approximate surface area is 86.2 Å². The summed E-state index contributed by atoms with van der Waals surface area (Å²) in [7, 11) is 0. The zero-order valence-corrected chi connectivity index (χ0v) is 8.26. The SMILES string of the molecule is NOC(=O)C(O)C(O)C(=O)O.[Zr]. The fourth-order valence-corrected chi connectivity index (χ4v) is 0.334. The van der Waals surface area contributed by atoms with Crippen LogP contribution in [0.1, 0.15) is 0 Å². The molecule has 0 aliphatic heterocycles. The van der Waals surface area contributed by atoms with E-state index >= 15 is 0 Å². The topological polar surface area (TPSA) is 130 Å². The van der Waals surface area contributed by atoms with E-state index in [1.54, 1.807) is 0 Å². The number of carbonyl (C=O) groups excluding carboxylic acids is 1.